The third-order valence-electron chi connectivity index (χ3n) is 3.61. The summed E-state index contributed by atoms with van der Waals surface area (Å²) in [6.45, 7) is 1.90. The van der Waals surface area contributed by atoms with Crippen LogP contribution in [-0.2, 0) is 10.0 Å². The first kappa shape index (κ1) is 16.2. The van der Waals surface area contributed by atoms with Crippen molar-refractivity contribution in [3.8, 4) is 5.75 Å². The molecule has 0 radical (unpaired) electrons. The number of ether oxygens (including phenoxy) is 1. The highest BCUT2D eigenvalue weighted by molar-refractivity contribution is 7.89. The van der Waals surface area contributed by atoms with Gasteiger partial charge >= 0.3 is 0 Å². The minimum atomic E-state index is -3.70. The predicted molar refractivity (Wildman–Crippen MR) is 94.1 cm³/mol. The number of rotatable bonds is 4. The van der Waals surface area contributed by atoms with Gasteiger partial charge in [-0.3, -0.25) is 0 Å². The number of hydrogen-bond acceptors (Lipinski definition) is 5. The third-order valence-corrected chi connectivity index (χ3v) is 4.54. The molecule has 24 heavy (non-hydrogen) atoms. The summed E-state index contributed by atoms with van der Waals surface area (Å²) >= 11 is 0. The van der Waals surface area contributed by atoms with Gasteiger partial charge in [-0.15, -0.1) is 0 Å². The van der Waals surface area contributed by atoms with Gasteiger partial charge in [-0.05, 0) is 43.3 Å². The first-order valence-corrected chi connectivity index (χ1v) is 8.77. The number of nitrogens with zero attached hydrogens (tertiary/aromatic N) is 1. The van der Waals surface area contributed by atoms with Crippen molar-refractivity contribution in [1.29, 1.82) is 0 Å². The van der Waals surface area contributed by atoms with Crippen LogP contribution in [0.4, 0.5) is 11.4 Å². The molecule has 7 heteroatoms. The number of para-hydroxylation sites is 1. The first-order valence-electron chi connectivity index (χ1n) is 7.23. The summed E-state index contributed by atoms with van der Waals surface area (Å²) in [6.07, 6.45) is 0. The summed E-state index contributed by atoms with van der Waals surface area (Å²) in [4.78, 5) is 4.61. The van der Waals surface area contributed by atoms with Crippen LogP contribution >= 0.6 is 0 Å². The van der Waals surface area contributed by atoms with Crippen molar-refractivity contribution in [2.45, 2.75) is 11.8 Å². The van der Waals surface area contributed by atoms with Crippen LogP contribution in [0.2, 0.25) is 0 Å². The second-order valence-electron chi connectivity index (χ2n) is 5.36. The number of primary sulfonamides is 1. The van der Waals surface area contributed by atoms with Crippen LogP contribution in [0, 0.1) is 6.92 Å². The lowest BCUT2D eigenvalue weighted by atomic mass is 10.1. The molecule has 1 aromatic heterocycles. The van der Waals surface area contributed by atoms with Crippen LogP contribution in [-0.4, -0.2) is 20.5 Å². The van der Waals surface area contributed by atoms with Crippen molar-refractivity contribution in [2.24, 2.45) is 5.14 Å². The lowest BCUT2D eigenvalue weighted by molar-refractivity contribution is 0.419. The number of nitrogens with one attached hydrogen (secondary N) is 1. The van der Waals surface area contributed by atoms with Crippen molar-refractivity contribution in [2.75, 3.05) is 12.4 Å². The van der Waals surface area contributed by atoms with Gasteiger partial charge in [0, 0.05) is 22.5 Å². The molecule has 0 aliphatic heterocycles. The van der Waals surface area contributed by atoms with Crippen LogP contribution in [0.1, 0.15) is 5.69 Å². The SMILES string of the molecule is COc1cccc2c(Nc3ccc(S(N)(=O)=O)cc3)cc(C)nc12. The zero-order chi connectivity index (χ0) is 17.3. The molecule has 0 amide bonds. The normalized spacial score (nSPS) is 11.5. The van der Waals surface area contributed by atoms with E-state index in [9.17, 15) is 8.42 Å². The third kappa shape index (κ3) is 3.17. The number of aromatic nitrogens is 1. The minimum absolute atomic E-state index is 0.0745. The summed E-state index contributed by atoms with van der Waals surface area (Å²) < 4.78 is 28.0. The number of benzene rings is 2. The molecule has 2 aromatic carbocycles. The number of nitrogens with two attached hydrogens (primary N) is 1. The molecule has 0 fully saturated rings. The fourth-order valence-corrected chi connectivity index (χ4v) is 3.02. The fraction of sp³-hybridized carbons (Fsp3) is 0.118. The fourth-order valence-electron chi connectivity index (χ4n) is 2.50. The van der Waals surface area contributed by atoms with E-state index in [-0.39, 0.29) is 4.90 Å². The molecule has 3 rings (SSSR count). The van der Waals surface area contributed by atoms with E-state index in [1.165, 1.54) is 12.1 Å². The van der Waals surface area contributed by atoms with Gasteiger partial charge < -0.3 is 10.1 Å². The van der Waals surface area contributed by atoms with Crippen molar-refractivity contribution in [3.63, 3.8) is 0 Å². The first-order chi connectivity index (χ1) is 11.4. The van der Waals surface area contributed by atoms with Crippen molar-refractivity contribution in [1.82, 2.24) is 4.98 Å². The lowest BCUT2D eigenvalue weighted by Crippen LogP contribution is -2.11. The van der Waals surface area contributed by atoms with Gasteiger partial charge in [0.05, 0.1) is 12.0 Å². The highest BCUT2D eigenvalue weighted by Crippen LogP contribution is 2.31. The number of methoxy groups -OCH3 is 1. The Hall–Kier alpha value is -2.64. The number of anilines is 2. The van der Waals surface area contributed by atoms with E-state index >= 15 is 0 Å². The molecular formula is C17H17N3O3S. The number of fused-ring (bicyclic) bond motifs is 1. The monoisotopic (exact) mass is 343 g/mol. The minimum Gasteiger partial charge on any atom is -0.494 e. The maximum Gasteiger partial charge on any atom is 0.238 e. The summed E-state index contributed by atoms with van der Waals surface area (Å²) in [5.41, 5.74) is 3.22. The molecule has 0 aliphatic carbocycles. The Bertz CT molecular complexity index is 1000. The predicted octanol–water partition coefficient (Wildman–Crippen LogP) is 2.94. The van der Waals surface area contributed by atoms with Crippen LogP contribution in [0.15, 0.2) is 53.4 Å². The van der Waals surface area contributed by atoms with Gasteiger partial charge in [0.1, 0.15) is 11.3 Å². The molecular weight excluding hydrogens is 326 g/mol. The molecule has 0 atom stereocenters. The molecule has 6 nitrogen and oxygen atoms in total. The van der Waals surface area contributed by atoms with Crippen LogP contribution in [0.3, 0.4) is 0 Å². The standard InChI is InChI=1S/C17H17N3O3S/c1-11-10-15(14-4-3-5-16(23-2)17(14)19-11)20-12-6-8-13(9-7-12)24(18,21)22/h3-10H,1-2H3,(H,19,20)(H2,18,21,22). The van der Waals surface area contributed by atoms with E-state index in [0.717, 1.165) is 28.0 Å². The largest absolute Gasteiger partial charge is 0.494 e. The number of aryl methyl sites for hydroxylation is 1. The topological polar surface area (TPSA) is 94.3 Å². The number of pyridine rings is 1. The summed E-state index contributed by atoms with van der Waals surface area (Å²) in [5.74, 6) is 0.698. The Morgan fingerprint density at radius 3 is 2.46 bits per heavy atom. The van der Waals surface area contributed by atoms with Crippen LogP contribution in [0.25, 0.3) is 10.9 Å². The summed E-state index contributed by atoms with van der Waals surface area (Å²) in [7, 11) is -2.09. The van der Waals surface area contributed by atoms with Gasteiger partial charge in [-0.25, -0.2) is 18.5 Å². The molecule has 124 valence electrons. The van der Waals surface area contributed by atoms with Crippen molar-refractivity contribution in [3.05, 3.63) is 54.2 Å². The molecule has 0 aliphatic rings. The second kappa shape index (κ2) is 6.10. The summed E-state index contributed by atoms with van der Waals surface area (Å²) in [6, 6.07) is 13.9. The Morgan fingerprint density at radius 2 is 1.83 bits per heavy atom. The van der Waals surface area contributed by atoms with E-state index in [2.05, 4.69) is 10.3 Å². The van der Waals surface area contributed by atoms with Crippen molar-refractivity contribution < 1.29 is 13.2 Å². The molecule has 0 unspecified atom stereocenters. The molecule has 3 aromatic rings. The molecule has 0 bridgehead atoms. The smallest absolute Gasteiger partial charge is 0.238 e. The summed E-state index contributed by atoms with van der Waals surface area (Å²) in [5, 5.41) is 9.31. The molecule has 0 saturated heterocycles. The Labute approximate surface area is 140 Å². The van der Waals surface area contributed by atoms with Gasteiger partial charge in [0.2, 0.25) is 10.0 Å². The zero-order valence-corrected chi connectivity index (χ0v) is 14.1. The Morgan fingerprint density at radius 1 is 1.12 bits per heavy atom. The quantitative estimate of drug-likeness (QED) is 0.759. The van der Waals surface area contributed by atoms with E-state index < -0.39 is 10.0 Å². The molecule has 1 heterocycles. The highest BCUT2D eigenvalue weighted by Gasteiger charge is 2.10. The average Bonchev–Trinajstić information content (AvgIpc) is 2.54. The average molecular weight is 343 g/mol. The Kier molecular flexibility index (Phi) is 4.13. The maximum atomic E-state index is 11.3. The van der Waals surface area contributed by atoms with Gasteiger partial charge in [0.25, 0.3) is 0 Å². The molecule has 3 N–H and O–H groups in total. The second-order valence-corrected chi connectivity index (χ2v) is 6.92. The molecule has 0 saturated carbocycles. The Balaban J connectivity index is 2.04. The zero-order valence-electron chi connectivity index (χ0n) is 13.3. The lowest BCUT2D eigenvalue weighted by Gasteiger charge is -2.13. The highest BCUT2D eigenvalue weighted by atomic mass is 32.2. The van der Waals surface area contributed by atoms with E-state index in [0.29, 0.717) is 5.75 Å². The number of hydrogen-bond donors (Lipinski definition) is 2. The molecule has 0 spiro atoms. The van der Waals surface area contributed by atoms with E-state index in [1.54, 1.807) is 19.2 Å². The maximum absolute atomic E-state index is 11.3. The number of sulfonamides is 1. The van der Waals surface area contributed by atoms with Gasteiger partial charge in [-0.2, -0.15) is 0 Å². The van der Waals surface area contributed by atoms with Crippen LogP contribution < -0.4 is 15.2 Å². The van der Waals surface area contributed by atoms with E-state index in [4.69, 9.17) is 9.88 Å². The van der Waals surface area contributed by atoms with Crippen molar-refractivity contribution >= 4 is 32.3 Å². The van der Waals surface area contributed by atoms with Gasteiger partial charge in [0.15, 0.2) is 0 Å². The van der Waals surface area contributed by atoms with Gasteiger partial charge in [-0.1, -0.05) is 12.1 Å². The van der Waals surface area contributed by atoms with E-state index in [1.807, 2.05) is 31.2 Å². The van der Waals surface area contributed by atoms with Crippen LogP contribution in [0.5, 0.6) is 5.75 Å².